The van der Waals surface area contributed by atoms with Crippen LogP contribution in [-0.4, -0.2) is 54.3 Å². The average Bonchev–Trinajstić information content (AvgIpc) is 2.90. The van der Waals surface area contributed by atoms with Crippen molar-refractivity contribution in [3.63, 3.8) is 0 Å². The second-order valence-electron chi connectivity index (χ2n) is 4.83. The maximum Gasteiger partial charge on any atom is 0.188 e. The Morgan fingerprint density at radius 2 is 2.31 bits per heavy atom. The van der Waals surface area contributed by atoms with E-state index in [9.17, 15) is 5.11 Å². The van der Waals surface area contributed by atoms with Crippen molar-refractivity contribution in [3.8, 4) is 0 Å². The molecule has 4 N–H and O–H groups in total. The van der Waals surface area contributed by atoms with Crippen molar-refractivity contribution in [1.29, 1.82) is 0 Å². The Balaban J connectivity index is 0.00000128. The minimum absolute atomic E-state index is 0. The summed E-state index contributed by atoms with van der Waals surface area (Å²) < 4.78 is 0. The van der Waals surface area contributed by atoms with E-state index in [-0.39, 0.29) is 24.0 Å². The summed E-state index contributed by atoms with van der Waals surface area (Å²) in [5.74, 6) is 0.473. The van der Waals surface area contributed by atoms with Crippen LogP contribution in [0.4, 0.5) is 0 Å². The molecular weight excluding hydrogens is 319 g/mol. The van der Waals surface area contributed by atoms with Gasteiger partial charge in [0.25, 0.3) is 0 Å². The van der Waals surface area contributed by atoms with Crippen LogP contribution in [0.15, 0.2) is 4.99 Å². The fraction of sp³-hybridized carbons (Fsp3) is 0.900. The van der Waals surface area contributed by atoms with E-state index in [0.29, 0.717) is 25.1 Å². The van der Waals surface area contributed by atoms with E-state index in [2.05, 4.69) is 15.2 Å². The zero-order valence-corrected chi connectivity index (χ0v) is 12.0. The number of nitrogens with zero attached hydrogens (tertiary/aromatic N) is 2. The van der Waals surface area contributed by atoms with E-state index in [0.717, 1.165) is 13.0 Å². The largest absolute Gasteiger partial charge is 0.387 e. The van der Waals surface area contributed by atoms with Gasteiger partial charge in [0, 0.05) is 19.1 Å². The van der Waals surface area contributed by atoms with Crippen LogP contribution in [0.5, 0.6) is 0 Å². The fourth-order valence-electron chi connectivity index (χ4n) is 1.90. The van der Waals surface area contributed by atoms with Crippen molar-refractivity contribution in [3.05, 3.63) is 0 Å². The van der Waals surface area contributed by atoms with E-state index >= 15 is 0 Å². The van der Waals surface area contributed by atoms with Gasteiger partial charge in [0.1, 0.15) is 0 Å². The summed E-state index contributed by atoms with van der Waals surface area (Å²) in [5.41, 5.74) is 5.02. The molecule has 0 spiro atoms. The summed E-state index contributed by atoms with van der Waals surface area (Å²) in [6.07, 6.45) is 3.15. The number of likely N-dealkylation sites (N-methyl/N-ethyl adjacent to an activating group) is 1. The van der Waals surface area contributed by atoms with Crippen LogP contribution in [-0.2, 0) is 0 Å². The highest BCUT2D eigenvalue weighted by molar-refractivity contribution is 14.0. The minimum Gasteiger partial charge on any atom is -0.387 e. The molecule has 2 fully saturated rings. The van der Waals surface area contributed by atoms with E-state index in [1.807, 2.05) is 7.05 Å². The predicted octanol–water partition coefficient (Wildman–Crippen LogP) is -0.262. The molecule has 6 heteroatoms. The quantitative estimate of drug-likeness (QED) is 0.376. The summed E-state index contributed by atoms with van der Waals surface area (Å²) in [6.45, 7) is 2.03. The van der Waals surface area contributed by atoms with Crippen molar-refractivity contribution in [1.82, 2.24) is 10.2 Å². The first-order valence-corrected chi connectivity index (χ1v) is 5.55. The molecule has 5 nitrogen and oxygen atoms in total. The Hall–Kier alpha value is -0.0800. The molecule has 1 saturated carbocycles. The molecule has 1 saturated heterocycles. The van der Waals surface area contributed by atoms with Crippen molar-refractivity contribution >= 4 is 29.9 Å². The Morgan fingerprint density at radius 1 is 1.62 bits per heavy atom. The van der Waals surface area contributed by atoms with Crippen molar-refractivity contribution in [2.75, 3.05) is 26.7 Å². The maximum absolute atomic E-state index is 10.1. The van der Waals surface area contributed by atoms with Gasteiger partial charge in [-0.05, 0) is 26.3 Å². The van der Waals surface area contributed by atoms with Crippen LogP contribution in [0.3, 0.4) is 0 Å². The molecule has 1 aliphatic carbocycles. The van der Waals surface area contributed by atoms with Gasteiger partial charge in [0.05, 0.1) is 12.1 Å². The van der Waals surface area contributed by atoms with Crippen molar-refractivity contribution in [2.45, 2.75) is 30.9 Å². The minimum atomic E-state index is -0.676. The standard InChI is InChI=1S/C10H20N4O.HI/c1-14-5-4-10(15,7-14)6-12-9(11)13-8-2-3-8;/h8,15H,2-7H2,1H3,(H3,11,12,13);1H. The Kier molecular flexibility index (Phi) is 4.81. The molecule has 1 atom stereocenters. The predicted molar refractivity (Wildman–Crippen MR) is 75.1 cm³/mol. The van der Waals surface area contributed by atoms with Gasteiger partial charge < -0.3 is 21.1 Å². The molecule has 0 amide bonds. The first-order valence-electron chi connectivity index (χ1n) is 5.55. The summed E-state index contributed by atoms with van der Waals surface area (Å²) >= 11 is 0. The normalized spacial score (nSPS) is 31.2. The van der Waals surface area contributed by atoms with E-state index in [4.69, 9.17) is 5.73 Å². The number of aliphatic hydroxyl groups is 1. The monoisotopic (exact) mass is 340 g/mol. The molecule has 2 aliphatic rings. The van der Waals surface area contributed by atoms with Crippen LogP contribution >= 0.6 is 24.0 Å². The molecule has 1 aliphatic heterocycles. The zero-order valence-electron chi connectivity index (χ0n) is 9.65. The molecule has 0 radical (unpaired) electrons. The van der Waals surface area contributed by atoms with Gasteiger partial charge in [-0.2, -0.15) is 0 Å². The molecule has 1 unspecified atom stereocenters. The van der Waals surface area contributed by atoms with Gasteiger partial charge in [-0.25, -0.2) is 0 Å². The van der Waals surface area contributed by atoms with Crippen LogP contribution in [0.1, 0.15) is 19.3 Å². The van der Waals surface area contributed by atoms with E-state index < -0.39 is 5.60 Å². The zero-order chi connectivity index (χ0) is 10.9. The lowest BCUT2D eigenvalue weighted by Crippen LogP contribution is -2.39. The lowest BCUT2D eigenvalue weighted by Gasteiger charge is -2.20. The number of hydrogen-bond acceptors (Lipinski definition) is 3. The lowest BCUT2D eigenvalue weighted by atomic mass is 10.0. The third kappa shape index (κ3) is 4.06. The van der Waals surface area contributed by atoms with Gasteiger partial charge in [-0.3, -0.25) is 4.99 Å². The molecule has 0 aromatic heterocycles. The maximum atomic E-state index is 10.1. The molecule has 0 aromatic rings. The first kappa shape index (κ1) is 14.0. The smallest absolute Gasteiger partial charge is 0.188 e. The third-order valence-corrected chi connectivity index (χ3v) is 3.00. The number of aliphatic imine (C=N–C) groups is 1. The second kappa shape index (κ2) is 5.50. The van der Waals surface area contributed by atoms with Crippen molar-refractivity contribution < 1.29 is 5.11 Å². The third-order valence-electron chi connectivity index (χ3n) is 3.00. The van der Waals surface area contributed by atoms with Gasteiger partial charge in [0.2, 0.25) is 0 Å². The fourth-order valence-corrected chi connectivity index (χ4v) is 1.90. The number of nitrogens with one attached hydrogen (secondary N) is 1. The van der Waals surface area contributed by atoms with Gasteiger partial charge in [-0.1, -0.05) is 0 Å². The van der Waals surface area contributed by atoms with Gasteiger partial charge in [-0.15, -0.1) is 24.0 Å². The highest BCUT2D eigenvalue weighted by Crippen LogP contribution is 2.20. The SMILES string of the molecule is CN1CCC(O)(CN=C(N)NC2CC2)C1.I. The second-order valence-corrected chi connectivity index (χ2v) is 4.83. The summed E-state index contributed by atoms with van der Waals surface area (Å²) in [7, 11) is 2.01. The topological polar surface area (TPSA) is 73.9 Å². The number of likely N-dealkylation sites (tertiary alicyclic amines) is 1. The first-order chi connectivity index (χ1) is 7.07. The van der Waals surface area contributed by atoms with Crippen LogP contribution in [0.25, 0.3) is 0 Å². The molecule has 0 aromatic carbocycles. The number of hydrogen-bond donors (Lipinski definition) is 3. The molecule has 94 valence electrons. The summed E-state index contributed by atoms with van der Waals surface area (Å²) in [4.78, 5) is 6.31. The summed E-state index contributed by atoms with van der Waals surface area (Å²) in [5, 5.41) is 13.2. The van der Waals surface area contributed by atoms with E-state index in [1.54, 1.807) is 0 Å². The van der Waals surface area contributed by atoms with Crippen molar-refractivity contribution in [2.24, 2.45) is 10.7 Å². The number of guanidine groups is 1. The highest BCUT2D eigenvalue weighted by Gasteiger charge is 2.34. The summed E-state index contributed by atoms with van der Waals surface area (Å²) in [6, 6.07) is 0.523. The number of halogens is 1. The number of β-amino-alcohol motifs (C(OH)–C–C–N with tert-alkyl or cyclic N) is 1. The Labute approximate surface area is 113 Å². The molecule has 1 heterocycles. The lowest BCUT2D eigenvalue weighted by molar-refractivity contribution is 0.0614. The van der Waals surface area contributed by atoms with E-state index in [1.165, 1.54) is 12.8 Å². The molecule has 2 rings (SSSR count). The molecule has 0 bridgehead atoms. The Bertz CT molecular complexity index is 270. The number of nitrogens with two attached hydrogens (primary N) is 1. The highest BCUT2D eigenvalue weighted by atomic mass is 127. The molecular formula is C10H21IN4O. The molecule has 16 heavy (non-hydrogen) atoms. The van der Waals surface area contributed by atoms with Crippen LogP contribution in [0, 0.1) is 0 Å². The van der Waals surface area contributed by atoms with Crippen LogP contribution < -0.4 is 11.1 Å². The van der Waals surface area contributed by atoms with Gasteiger partial charge in [0.15, 0.2) is 5.96 Å². The average molecular weight is 340 g/mol. The Morgan fingerprint density at radius 3 is 2.81 bits per heavy atom. The van der Waals surface area contributed by atoms with Crippen LogP contribution in [0.2, 0.25) is 0 Å². The van der Waals surface area contributed by atoms with Gasteiger partial charge >= 0.3 is 0 Å². The number of rotatable bonds is 3.